The van der Waals surface area contributed by atoms with Crippen LogP contribution in [-0.4, -0.2) is 22.9 Å². The van der Waals surface area contributed by atoms with Crippen molar-refractivity contribution < 1.29 is 9.53 Å². The van der Waals surface area contributed by atoms with Crippen LogP contribution in [0.25, 0.3) is 6.08 Å². The van der Waals surface area contributed by atoms with E-state index in [0.717, 1.165) is 5.56 Å². The smallest absolute Gasteiger partial charge is 0.330 e. The summed E-state index contributed by atoms with van der Waals surface area (Å²) < 4.78 is 6.30. The average molecular weight is 194 g/mol. The summed E-state index contributed by atoms with van der Waals surface area (Å²) in [6, 6.07) is 0.329. The number of hydrogen-bond donors (Lipinski definition) is 0. The van der Waals surface area contributed by atoms with Crippen molar-refractivity contribution in [2.45, 2.75) is 19.9 Å². The number of hydrogen-bond acceptors (Lipinski definition) is 3. The van der Waals surface area contributed by atoms with Gasteiger partial charge in [-0.2, -0.15) is 5.10 Å². The molecule has 0 atom stereocenters. The molecule has 4 nitrogen and oxygen atoms in total. The lowest BCUT2D eigenvalue weighted by Crippen LogP contribution is -1.99. The Morgan fingerprint density at radius 3 is 2.86 bits per heavy atom. The van der Waals surface area contributed by atoms with Gasteiger partial charge in [0.2, 0.25) is 0 Å². The van der Waals surface area contributed by atoms with E-state index in [4.69, 9.17) is 0 Å². The van der Waals surface area contributed by atoms with Crippen molar-refractivity contribution in [2.75, 3.05) is 7.11 Å². The van der Waals surface area contributed by atoms with E-state index in [1.807, 2.05) is 24.7 Å². The van der Waals surface area contributed by atoms with Crippen LogP contribution in [0, 0.1) is 0 Å². The largest absolute Gasteiger partial charge is 0.466 e. The van der Waals surface area contributed by atoms with E-state index in [-0.39, 0.29) is 5.97 Å². The summed E-state index contributed by atoms with van der Waals surface area (Å²) >= 11 is 0. The molecule has 0 amide bonds. The van der Waals surface area contributed by atoms with E-state index in [9.17, 15) is 4.79 Å². The second kappa shape index (κ2) is 4.60. The zero-order valence-corrected chi connectivity index (χ0v) is 8.60. The third kappa shape index (κ3) is 2.73. The van der Waals surface area contributed by atoms with Crippen LogP contribution < -0.4 is 0 Å². The summed E-state index contributed by atoms with van der Waals surface area (Å²) in [5.74, 6) is -0.359. The maximum atomic E-state index is 10.8. The van der Waals surface area contributed by atoms with Crippen LogP contribution in [0.15, 0.2) is 18.5 Å². The number of ether oxygens (including phenoxy) is 1. The summed E-state index contributed by atoms with van der Waals surface area (Å²) in [7, 11) is 1.35. The molecule has 1 aromatic rings. The number of methoxy groups -OCH3 is 1. The summed E-state index contributed by atoms with van der Waals surface area (Å²) in [6.45, 7) is 4.08. The van der Waals surface area contributed by atoms with Crippen LogP contribution in [-0.2, 0) is 9.53 Å². The molecule has 0 unspecified atom stereocenters. The van der Waals surface area contributed by atoms with Crippen LogP contribution in [0.2, 0.25) is 0 Å². The Hall–Kier alpha value is -1.58. The highest BCUT2D eigenvalue weighted by Crippen LogP contribution is 2.06. The molecule has 76 valence electrons. The minimum Gasteiger partial charge on any atom is -0.466 e. The molecule has 0 aromatic carbocycles. The first kappa shape index (κ1) is 10.5. The highest BCUT2D eigenvalue weighted by molar-refractivity contribution is 5.86. The van der Waals surface area contributed by atoms with Crippen molar-refractivity contribution in [1.82, 2.24) is 9.78 Å². The van der Waals surface area contributed by atoms with Gasteiger partial charge in [0.1, 0.15) is 0 Å². The number of nitrogens with zero attached hydrogens (tertiary/aromatic N) is 2. The van der Waals surface area contributed by atoms with Gasteiger partial charge in [-0.05, 0) is 19.9 Å². The fraction of sp³-hybridized carbons (Fsp3) is 0.400. The predicted octanol–water partition coefficient (Wildman–Crippen LogP) is 1.65. The molecular weight excluding hydrogens is 180 g/mol. The van der Waals surface area contributed by atoms with E-state index in [1.54, 1.807) is 12.3 Å². The van der Waals surface area contributed by atoms with Gasteiger partial charge in [0.05, 0.1) is 13.3 Å². The fourth-order valence-electron chi connectivity index (χ4n) is 0.954. The maximum absolute atomic E-state index is 10.8. The van der Waals surface area contributed by atoms with Crippen molar-refractivity contribution in [3.63, 3.8) is 0 Å². The van der Waals surface area contributed by atoms with E-state index < -0.39 is 0 Å². The molecule has 0 spiro atoms. The predicted molar refractivity (Wildman–Crippen MR) is 53.7 cm³/mol. The highest BCUT2D eigenvalue weighted by atomic mass is 16.5. The van der Waals surface area contributed by atoms with Gasteiger partial charge < -0.3 is 4.74 Å². The Morgan fingerprint density at radius 1 is 1.64 bits per heavy atom. The highest BCUT2D eigenvalue weighted by Gasteiger charge is 1.99. The quantitative estimate of drug-likeness (QED) is 0.543. The Morgan fingerprint density at radius 2 is 2.36 bits per heavy atom. The standard InChI is InChI=1S/C10H14N2O2/c1-8(2)12-7-9(6-11-12)4-5-10(13)14-3/h4-8H,1-3H3/b5-4+. The first-order chi connectivity index (χ1) is 6.63. The van der Waals surface area contributed by atoms with Gasteiger partial charge in [-0.3, -0.25) is 4.68 Å². The van der Waals surface area contributed by atoms with Crippen molar-refractivity contribution in [1.29, 1.82) is 0 Å². The normalized spacial score (nSPS) is 11.1. The lowest BCUT2D eigenvalue weighted by atomic mass is 10.3. The first-order valence-electron chi connectivity index (χ1n) is 4.43. The third-order valence-corrected chi connectivity index (χ3v) is 1.76. The Labute approximate surface area is 83.2 Å². The van der Waals surface area contributed by atoms with Gasteiger partial charge in [-0.25, -0.2) is 4.79 Å². The lowest BCUT2D eigenvalue weighted by Gasteiger charge is -2.02. The van der Waals surface area contributed by atoms with Crippen LogP contribution in [0.3, 0.4) is 0 Å². The molecular formula is C10H14N2O2. The molecule has 0 aliphatic heterocycles. The SMILES string of the molecule is COC(=O)/C=C/c1cnn(C(C)C)c1. The average Bonchev–Trinajstić information content (AvgIpc) is 2.62. The molecule has 0 fully saturated rings. The molecule has 0 N–H and O–H groups in total. The van der Waals surface area contributed by atoms with Gasteiger partial charge >= 0.3 is 5.97 Å². The number of carbonyl (C=O) groups is 1. The minimum absolute atomic E-state index is 0.329. The molecule has 14 heavy (non-hydrogen) atoms. The van der Waals surface area contributed by atoms with Crippen molar-refractivity contribution in [3.05, 3.63) is 24.0 Å². The van der Waals surface area contributed by atoms with E-state index in [1.165, 1.54) is 13.2 Å². The molecule has 0 radical (unpaired) electrons. The van der Waals surface area contributed by atoms with Crippen molar-refractivity contribution in [3.8, 4) is 0 Å². The van der Waals surface area contributed by atoms with Gasteiger partial charge in [0.15, 0.2) is 0 Å². The number of carbonyl (C=O) groups excluding carboxylic acids is 1. The van der Waals surface area contributed by atoms with E-state index in [0.29, 0.717) is 6.04 Å². The van der Waals surface area contributed by atoms with Gasteiger partial charge in [-0.15, -0.1) is 0 Å². The van der Waals surface area contributed by atoms with Gasteiger partial charge in [0, 0.05) is 23.9 Å². The maximum Gasteiger partial charge on any atom is 0.330 e. The van der Waals surface area contributed by atoms with Crippen molar-refractivity contribution in [2.24, 2.45) is 0 Å². The molecule has 0 bridgehead atoms. The molecule has 1 aromatic heterocycles. The van der Waals surface area contributed by atoms with E-state index >= 15 is 0 Å². The Kier molecular flexibility index (Phi) is 3.45. The first-order valence-corrected chi connectivity index (χ1v) is 4.43. The van der Waals surface area contributed by atoms with Crippen LogP contribution in [0.5, 0.6) is 0 Å². The van der Waals surface area contributed by atoms with Crippen molar-refractivity contribution >= 4 is 12.0 Å². The zero-order valence-electron chi connectivity index (χ0n) is 8.60. The monoisotopic (exact) mass is 194 g/mol. The number of rotatable bonds is 3. The number of aromatic nitrogens is 2. The lowest BCUT2D eigenvalue weighted by molar-refractivity contribution is -0.134. The summed E-state index contributed by atoms with van der Waals surface area (Å²) in [4.78, 5) is 10.8. The fourth-order valence-corrected chi connectivity index (χ4v) is 0.954. The second-order valence-electron chi connectivity index (χ2n) is 3.20. The minimum atomic E-state index is -0.359. The van der Waals surface area contributed by atoms with Crippen LogP contribution in [0.1, 0.15) is 25.5 Å². The molecule has 1 rings (SSSR count). The summed E-state index contributed by atoms with van der Waals surface area (Å²) in [6.07, 6.45) is 6.64. The van der Waals surface area contributed by atoms with Gasteiger partial charge in [-0.1, -0.05) is 0 Å². The summed E-state index contributed by atoms with van der Waals surface area (Å²) in [5.41, 5.74) is 0.893. The molecule has 0 saturated carbocycles. The molecule has 0 saturated heterocycles. The third-order valence-electron chi connectivity index (χ3n) is 1.76. The Balaban J connectivity index is 2.68. The topological polar surface area (TPSA) is 44.1 Å². The van der Waals surface area contributed by atoms with E-state index in [2.05, 4.69) is 9.84 Å². The number of esters is 1. The zero-order chi connectivity index (χ0) is 10.6. The molecule has 1 heterocycles. The molecule has 0 aliphatic rings. The van der Waals surface area contributed by atoms with Crippen LogP contribution in [0.4, 0.5) is 0 Å². The molecule has 4 heteroatoms. The van der Waals surface area contributed by atoms with Gasteiger partial charge in [0.25, 0.3) is 0 Å². The Bertz CT molecular complexity index is 340. The summed E-state index contributed by atoms with van der Waals surface area (Å²) in [5, 5.41) is 4.13. The van der Waals surface area contributed by atoms with Crippen LogP contribution >= 0.6 is 0 Å². The second-order valence-corrected chi connectivity index (χ2v) is 3.20. The molecule has 0 aliphatic carbocycles.